The van der Waals surface area contributed by atoms with E-state index in [0.29, 0.717) is 17.0 Å². The topological polar surface area (TPSA) is 47.6 Å². The normalized spacial score (nSPS) is 9.61. The van der Waals surface area contributed by atoms with Crippen molar-refractivity contribution in [2.75, 3.05) is 12.6 Å². The van der Waals surface area contributed by atoms with Crippen LogP contribution >= 0.6 is 0 Å². The van der Waals surface area contributed by atoms with Gasteiger partial charge in [0.15, 0.2) is 0 Å². The summed E-state index contributed by atoms with van der Waals surface area (Å²) in [6.45, 7) is 0. The van der Waals surface area contributed by atoms with Crippen LogP contribution in [0.4, 0.5) is 5.69 Å². The highest BCUT2D eigenvalue weighted by Gasteiger charge is 2.08. The van der Waals surface area contributed by atoms with E-state index in [1.165, 1.54) is 0 Å². The molecule has 2 rings (SSSR count). The Morgan fingerprint density at radius 1 is 1.06 bits per heavy atom. The minimum absolute atomic E-state index is 0.429. The highest BCUT2D eigenvalue weighted by Crippen LogP contribution is 2.14. The molecule has 0 aromatic heterocycles. The molecule has 2 aromatic carbocycles. The zero-order valence-electron chi connectivity index (χ0n) is 9.92. The Morgan fingerprint density at radius 3 is 2.56 bits per heavy atom. The van der Waals surface area contributed by atoms with Gasteiger partial charge >= 0.3 is 5.97 Å². The summed E-state index contributed by atoms with van der Waals surface area (Å²) in [5, 5.41) is 0. The molecular formula is C14H13NO3. The molecule has 92 valence electrons. The second-order valence-corrected chi connectivity index (χ2v) is 3.59. The van der Waals surface area contributed by atoms with Crippen LogP contribution in [0.25, 0.3) is 0 Å². The zero-order valence-corrected chi connectivity index (χ0v) is 9.92. The van der Waals surface area contributed by atoms with E-state index in [1.807, 2.05) is 18.2 Å². The molecule has 1 N–H and O–H groups in total. The summed E-state index contributed by atoms with van der Waals surface area (Å²) >= 11 is 0. The fourth-order valence-corrected chi connectivity index (χ4v) is 1.42. The first-order valence-corrected chi connectivity index (χ1v) is 5.46. The van der Waals surface area contributed by atoms with E-state index in [2.05, 4.69) is 5.48 Å². The maximum atomic E-state index is 11.7. The van der Waals surface area contributed by atoms with Crippen molar-refractivity contribution in [3.8, 4) is 5.75 Å². The zero-order chi connectivity index (χ0) is 12.8. The SMILES string of the molecule is COc1cccc(C(=O)ONc2ccccc2)c1. The van der Waals surface area contributed by atoms with E-state index in [-0.39, 0.29) is 0 Å². The Kier molecular flexibility index (Phi) is 3.81. The minimum Gasteiger partial charge on any atom is -0.497 e. The minimum atomic E-state index is -0.460. The number of carbonyl (C=O) groups is 1. The van der Waals surface area contributed by atoms with Crippen molar-refractivity contribution in [2.24, 2.45) is 0 Å². The van der Waals surface area contributed by atoms with Gasteiger partial charge in [-0.1, -0.05) is 24.3 Å². The number of nitrogens with one attached hydrogen (secondary N) is 1. The van der Waals surface area contributed by atoms with Crippen molar-refractivity contribution in [3.05, 3.63) is 60.2 Å². The molecule has 0 saturated heterocycles. The van der Waals surface area contributed by atoms with Gasteiger partial charge in [0, 0.05) is 0 Å². The average Bonchev–Trinajstić information content (AvgIpc) is 2.46. The van der Waals surface area contributed by atoms with E-state index >= 15 is 0 Å². The van der Waals surface area contributed by atoms with Crippen molar-refractivity contribution >= 4 is 11.7 Å². The maximum absolute atomic E-state index is 11.7. The summed E-state index contributed by atoms with van der Waals surface area (Å²) < 4.78 is 5.04. The van der Waals surface area contributed by atoms with E-state index in [1.54, 1.807) is 43.5 Å². The van der Waals surface area contributed by atoms with E-state index in [9.17, 15) is 4.79 Å². The van der Waals surface area contributed by atoms with Crippen LogP contribution in [0.3, 0.4) is 0 Å². The smallest absolute Gasteiger partial charge is 0.362 e. The number of rotatable bonds is 4. The Morgan fingerprint density at radius 2 is 1.83 bits per heavy atom. The lowest BCUT2D eigenvalue weighted by molar-refractivity contribution is 0.0596. The van der Waals surface area contributed by atoms with Gasteiger partial charge in [0.1, 0.15) is 5.75 Å². The third-order valence-corrected chi connectivity index (χ3v) is 2.34. The Bertz CT molecular complexity index is 526. The molecular weight excluding hydrogens is 230 g/mol. The van der Waals surface area contributed by atoms with Crippen molar-refractivity contribution in [1.82, 2.24) is 0 Å². The molecule has 0 atom stereocenters. The summed E-state index contributed by atoms with van der Waals surface area (Å²) in [6.07, 6.45) is 0. The summed E-state index contributed by atoms with van der Waals surface area (Å²) in [5.74, 6) is 0.155. The number of carbonyl (C=O) groups excluding carboxylic acids is 1. The number of methoxy groups -OCH3 is 1. The lowest BCUT2D eigenvalue weighted by atomic mass is 10.2. The molecule has 0 radical (unpaired) electrons. The van der Waals surface area contributed by atoms with Gasteiger partial charge < -0.3 is 9.57 Å². The molecule has 0 heterocycles. The largest absolute Gasteiger partial charge is 0.497 e. The fraction of sp³-hybridized carbons (Fsp3) is 0.0714. The Balaban J connectivity index is 1.99. The predicted molar refractivity (Wildman–Crippen MR) is 68.5 cm³/mol. The summed E-state index contributed by atoms with van der Waals surface area (Å²) in [4.78, 5) is 16.7. The van der Waals surface area contributed by atoms with Crippen molar-refractivity contribution < 1.29 is 14.4 Å². The van der Waals surface area contributed by atoms with Crippen molar-refractivity contribution in [1.29, 1.82) is 0 Å². The number of benzene rings is 2. The standard InChI is InChI=1S/C14H13NO3/c1-17-13-9-5-6-11(10-13)14(16)18-15-12-7-3-2-4-8-12/h2-10,15H,1H3. The second kappa shape index (κ2) is 5.72. The van der Waals surface area contributed by atoms with E-state index in [4.69, 9.17) is 9.57 Å². The summed E-state index contributed by atoms with van der Waals surface area (Å²) in [6, 6.07) is 16.0. The summed E-state index contributed by atoms with van der Waals surface area (Å²) in [5.41, 5.74) is 3.73. The quantitative estimate of drug-likeness (QED) is 0.839. The molecule has 0 amide bonds. The third-order valence-electron chi connectivity index (χ3n) is 2.34. The van der Waals surface area contributed by atoms with Crippen LogP contribution in [0, 0.1) is 0 Å². The lowest BCUT2D eigenvalue weighted by Gasteiger charge is -2.07. The monoisotopic (exact) mass is 243 g/mol. The van der Waals surface area contributed by atoms with Crippen LogP contribution in [-0.2, 0) is 4.84 Å². The molecule has 0 spiro atoms. The van der Waals surface area contributed by atoms with Crippen molar-refractivity contribution in [3.63, 3.8) is 0 Å². The molecule has 0 saturated carbocycles. The highest BCUT2D eigenvalue weighted by molar-refractivity contribution is 5.90. The van der Waals surface area contributed by atoms with Crippen LogP contribution in [-0.4, -0.2) is 13.1 Å². The second-order valence-electron chi connectivity index (χ2n) is 3.59. The molecule has 2 aromatic rings. The van der Waals surface area contributed by atoms with E-state index < -0.39 is 5.97 Å². The molecule has 0 unspecified atom stereocenters. The number of para-hydroxylation sites is 1. The number of hydrogen-bond donors (Lipinski definition) is 1. The Hall–Kier alpha value is -2.49. The first kappa shape index (κ1) is 12.0. The number of ether oxygens (including phenoxy) is 1. The molecule has 18 heavy (non-hydrogen) atoms. The first-order valence-electron chi connectivity index (χ1n) is 5.46. The molecule has 0 aliphatic carbocycles. The van der Waals surface area contributed by atoms with Gasteiger partial charge in [0.25, 0.3) is 0 Å². The molecule has 0 bridgehead atoms. The number of hydrogen-bond acceptors (Lipinski definition) is 4. The average molecular weight is 243 g/mol. The van der Waals surface area contributed by atoms with Crippen LogP contribution in [0.1, 0.15) is 10.4 Å². The van der Waals surface area contributed by atoms with Crippen LogP contribution in [0.15, 0.2) is 54.6 Å². The van der Waals surface area contributed by atoms with Crippen molar-refractivity contribution in [2.45, 2.75) is 0 Å². The molecule has 4 nitrogen and oxygen atoms in total. The fourth-order valence-electron chi connectivity index (χ4n) is 1.42. The van der Waals surface area contributed by atoms with Crippen LogP contribution < -0.4 is 10.2 Å². The highest BCUT2D eigenvalue weighted by atomic mass is 16.7. The molecule has 0 fully saturated rings. The maximum Gasteiger partial charge on any atom is 0.362 e. The van der Waals surface area contributed by atoms with Gasteiger partial charge in [-0.15, -0.1) is 0 Å². The predicted octanol–water partition coefficient (Wildman–Crippen LogP) is 2.88. The van der Waals surface area contributed by atoms with Gasteiger partial charge in [0.05, 0.1) is 18.4 Å². The number of anilines is 1. The third kappa shape index (κ3) is 3.01. The van der Waals surface area contributed by atoms with Gasteiger partial charge in [-0.25, -0.2) is 10.3 Å². The van der Waals surface area contributed by atoms with Gasteiger partial charge in [0.2, 0.25) is 0 Å². The van der Waals surface area contributed by atoms with Crippen LogP contribution in [0.5, 0.6) is 5.75 Å². The van der Waals surface area contributed by atoms with Crippen LogP contribution in [0.2, 0.25) is 0 Å². The lowest BCUT2D eigenvalue weighted by Crippen LogP contribution is -2.10. The van der Waals surface area contributed by atoms with Gasteiger partial charge in [-0.2, -0.15) is 0 Å². The molecule has 0 aliphatic rings. The van der Waals surface area contributed by atoms with Gasteiger partial charge in [-0.05, 0) is 30.3 Å². The Labute approximate surface area is 105 Å². The molecule has 4 heteroatoms. The van der Waals surface area contributed by atoms with E-state index in [0.717, 1.165) is 0 Å². The first-order chi connectivity index (χ1) is 8.79. The summed E-state index contributed by atoms with van der Waals surface area (Å²) in [7, 11) is 1.55. The van der Waals surface area contributed by atoms with Gasteiger partial charge in [-0.3, -0.25) is 0 Å². The molecule has 0 aliphatic heterocycles.